The third-order valence-electron chi connectivity index (χ3n) is 3.67. The van der Waals surface area contributed by atoms with Gasteiger partial charge < -0.3 is 14.4 Å². The van der Waals surface area contributed by atoms with Gasteiger partial charge in [0.2, 0.25) is 5.91 Å². The van der Waals surface area contributed by atoms with Gasteiger partial charge in [-0.05, 0) is 41.5 Å². The Morgan fingerprint density at radius 3 is 2.24 bits per heavy atom. The van der Waals surface area contributed by atoms with E-state index in [1.807, 2.05) is 24.3 Å². The molecule has 0 aromatic heterocycles. The Hall–Kier alpha value is -3.26. The van der Waals surface area contributed by atoms with E-state index in [9.17, 15) is 4.79 Å². The first kappa shape index (κ1) is 18.1. The van der Waals surface area contributed by atoms with Crippen LogP contribution in [0.1, 0.15) is 16.7 Å². The summed E-state index contributed by atoms with van der Waals surface area (Å²) >= 11 is 0. The van der Waals surface area contributed by atoms with Gasteiger partial charge in [0.05, 0.1) is 25.9 Å². The van der Waals surface area contributed by atoms with Crippen LogP contribution in [0.25, 0.3) is 6.08 Å². The van der Waals surface area contributed by atoms with Crippen LogP contribution in [0, 0.1) is 11.3 Å². The SMILES string of the molecule is COc1cc(/C=C/C(=O)N(C)Cc2ccc(C#N)cc2)cc(OC)c1. The molecule has 0 atom stereocenters. The first-order valence-electron chi connectivity index (χ1n) is 7.71. The third kappa shape index (κ3) is 5.11. The zero-order valence-corrected chi connectivity index (χ0v) is 14.5. The molecular formula is C20H20N2O3. The van der Waals surface area contributed by atoms with Crippen LogP contribution in [0.5, 0.6) is 11.5 Å². The van der Waals surface area contributed by atoms with Gasteiger partial charge in [-0.25, -0.2) is 0 Å². The van der Waals surface area contributed by atoms with E-state index >= 15 is 0 Å². The van der Waals surface area contributed by atoms with Crippen molar-refractivity contribution in [2.24, 2.45) is 0 Å². The van der Waals surface area contributed by atoms with Crippen molar-refractivity contribution in [1.29, 1.82) is 5.26 Å². The van der Waals surface area contributed by atoms with Crippen molar-refractivity contribution in [1.82, 2.24) is 4.90 Å². The maximum absolute atomic E-state index is 12.3. The van der Waals surface area contributed by atoms with Gasteiger partial charge in [0.1, 0.15) is 11.5 Å². The number of likely N-dealkylation sites (N-methyl/N-ethyl adjacent to an activating group) is 1. The average molecular weight is 336 g/mol. The molecule has 1 amide bonds. The van der Waals surface area contributed by atoms with E-state index in [4.69, 9.17) is 14.7 Å². The molecule has 25 heavy (non-hydrogen) atoms. The lowest BCUT2D eigenvalue weighted by Crippen LogP contribution is -2.24. The number of hydrogen-bond acceptors (Lipinski definition) is 4. The molecule has 0 saturated carbocycles. The highest BCUT2D eigenvalue weighted by Crippen LogP contribution is 2.23. The maximum atomic E-state index is 12.3. The van der Waals surface area contributed by atoms with Crippen molar-refractivity contribution in [3.8, 4) is 17.6 Å². The predicted molar refractivity (Wildman–Crippen MR) is 96.2 cm³/mol. The van der Waals surface area contributed by atoms with Crippen molar-refractivity contribution in [3.05, 3.63) is 65.2 Å². The van der Waals surface area contributed by atoms with Crippen molar-refractivity contribution < 1.29 is 14.3 Å². The summed E-state index contributed by atoms with van der Waals surface area (Å²) < 4.78 is 10.4. The lowest BCUT2D eigenvalue weighted by atomic mass is 10.1. The lowest BCUT2D eigenvalue weighted by Gasteiger charge is -2.15. The summed E-state index contributed by atoms with van der Waals surface area (Å²) in [4.78, 5) is 13.9. The lowest BCUT2D eigenvalue weighted by molar-refractivity contribution is -0.125. The molecule has 0 heterocycles. The number of methoxy groups -OCH3 is 2. The summed E-state index contributed by atoms with van der Waals surface area (Å²) in [6, 6.07) is 14.7. The third-order valence-corrected chi connectivity index (χ3v) is 3.67. The van der Waals surface area contributed by atoms with E-state index in [-0.39, 0.29) is 5.91 Å². The molecule has 0 fully saturated rings. The van der Waals surface area contributed by atoms with Crippen molar-refractivity contribution in [2.75, 3.05) is 21.3 Å². The normalized spacial score (nSPS) is 10.3. The molecule has 0 aliphatic rings. The maximum Gasteiger partial charge on any atom is 0.246 e. The number of carbonyl (C=O) groups is 1. The fraction of sp³-hybridized carbons (Fsp3) is 0.200. The zero-order valence-electron chi connectivity index (χ0n) is 14.5. The Kier molecular flexibility index (Phi) is 6.19. The highest BCUT2D eigenvalue weighted by molar-refractivity contribution is 5.91. The molecule has 2 aromatic carbocycles. The first-order valence-corrected chi connectivity index (χ1v) is 7.71. The van der Waals surface area contributed by atoms with E-state index < -0.39 is 0 Å². The number of rotatable bonds is 6. The van der Waals surface area contributed by atoms with Gasteiger partial charge in [-0.1, -0.05) is 12.1 Å². The molecule has 5 nitrogen and oxygen atoms in total. The zero-order chi connectivity index (χ0) is 18.2. The van der Waals surface area contributed by atoms with Gasteiger partial charge in [0.25, 0.3) is 0 Å². The van der Waals surface area contributed by atoms with Crippen LogP contribution in [0.15, 0.2) is 48.5 Å². The molecule has 2 rings (SSSR count). The minimum atomic E-state index is -0.119. The largest absolute Gasteiger partial charge is 0.497 e. The number of nitrogens with zero attached hydrogens (tertiary/aromatic N) is 2. The molecule has 0 N–H and O–H groups in total. The Morgan fingerprint density at radius 1 is 1.12 bits per heavy atom. The fourth-order valence-corrected chi connectivity index (χ4v) is 2.26. The number of hydrogen-bond donors (Lipinski definition) is 0. The molecule has 0 bridgehead atoms. The minimum absolute atomic E-state index is 0.119. The standard InChI is InChI=1S/C20H20N2O3/c1-22(14-16-6-4-15(13-21)5-7-16)20(23)9-8-17-10-18(24-2)12-19(11-17)25-3/h4-12H,14H2,1-3H3/b9-8+. The summed E-state index contributed by atoms with van der Waals surface area (Å²) in [7, 11) is 4.90. The minimum Gasteiger partial charge on any atom is -0.497 e. The second-order valence-corrected chi connectivity index (χ2v) is 5.48. The molecule has 128 valence electrons. The van der Waals surface area contributed by atoms with Gasteiger partial charge in [-0.3, -0.25) is 4.79 Å². The monoisotopic (exact) mass is 336 g/mol. The molecule has 0 saturated heterocycles. The number of carbonyl (C=O) groups excluding carboxylic acids is 1. The predicted octanol–water partition coefficient (Wildman–Crippen LogP) is 3.25. The van der Waals surface area contributed by atoms with Gasteiger partial charge in [0, 0.05) is 25.7 Å². The smallest absolute Gasteiger partial charge is 0.246 e. The second-order valence-electron chi connectivity index (χ2n) is 5.48. The number of amides is 1. The van der Waals surface area contributed by atoms with Crippen LogP contribution in [-0.2, 0) is 11.3 Å². The van der Waals surface area contributed by atoms with E-state index in [0.717, 1.165) is 11.1 Å². The molecule has 0 unspecified atom stereocenters. The molecule has 2 aromatic rings. The van der Waals surface area contributed by atoms with Gasteiger partial charge in [0.15, 0.2) is 0 Å². The molecular weight excluding hydrogens is 316 g/mol. The quantitative estimate of drug-likeness (QED) is 0.760. The molecule has 0 spiro atoms. The Bertz CT molecular complexity index is 782. The van der Waals surface area contributed by atoms with Crippen molar-refractivity contribution >= 4 is 12.0 Å². The average Bonchev–Trinajstić information content (AvgIpc) is 2.66. The number of nitriles is 1. The van der Waals surface area contributed by atoms with Crippen LogP contribution in [0.4, 0.5) is 0 Å². The molecule has 0 radical (unpaired) electrons. The Labute approximate surface area is 147 Å². The van der Waals surface area contributed by atoms with Crippen LogP contribution in [0.3, 0.4) is 0 Å². The summed E-state index contributed by atoms with van der Waals surface area (Å²) in [5.41, 5.74) is 2.38. The molecule has 0 aliphatic heterocycles. The van der Waals surface area contributed by atoms with Crippen LogP contribution in [0.2, 0.25) is 0 Å². The fourth-order valence-electron chi connectivity index (χ4n) is 2.26. The van der Waals surface area contributed by atoms with E-state index in [1.165, 1.54) is 6.08 Å². The van der Waals surface area contributed by atoms with Crippen molar-refractivity contribution in [2.45, 2.75) is 6.54 Å². The van der Waals surface area contributed by atoms with Crippen LogP contribution < -0.4 is 9.47 Å². The summed E-state index contributed by atoms with van der Waals surface area (Å²) in [6.45, 7) is 0.469. The van der Waals surface area contributed by atoms with Crippen LogP contribution in [-0.4, -0.2) is 32.1 Å². The first-order chi connectivity index (χ1) is 12.0. The van der Waals surface area contributed by atoms with Crippen LogP contribution >= 0.6 is 0 Å². The Morgan fingerprint density at radius 2 is 1.72 bits per heavy atom. The van der Waals surface area contributed by atoms with Gasteiger partial charge in [-0.2, -0.15) is 5.26 Å². The topological polar surface area (TPSA) is 62.6 Å². The number of benzene rings is 2. The molecule has 0 aliphatic carbocycles. The van der Waals surface area contributed by atoms with Crippen molar-refractivity contribution in [3.63, 3.8) is 0 Å². The summed E-state index contributed by atoms with van der Waals surface area (Å²) in [6.07, 6.45) is 3.24. The van der Waals surface area contributed by atoms with E-state index in [1.54, 1.807) is 50.4 Å². The highest BCUT2D eigenvalue weighted by Gasteiger charge is 2.06. The number of ether oxygens (including phenoxy) is 2. The van der Waals surface area contributed by atoms with E-state index in [0.29, 0.717) is 23.6 Å². The van der Waals surface area contributed by atoms with Gasteiger partial charge in [-0.15, -0.1) is 0 Å². The Balaban J connectivity index is 2.04. The summed E-state index contributed by atoms with van der Waals surface area (Å²) in [5.74, 6) is 1.21. The highest BCUT2D eigenvalue weighted by atomic mass is 16.5. The summed E-state index contributed by atoms with van der Waals surface area (Å²) in [5, 5.41) is 8.81. The molecule has 5 heteroatoms. The second kappa shape index (κ2) is 8.55. The van der Waals surface area contributed by atoms with Gasteiger partial charge >= 0.3 is 0 Å². The van der Waals surface area contributed by atoms with E-state index in [2.05, 4.69) is 6.07 Å².